The summed E-state index contributed by atoms with van der Waals surface area (Å²) in [6.45, 7) is 9.59. The number of nitrogens with zero attached hydrogens (tertiary/aromatic N) is 5. The van der Waals surface area contributed by atoms with Gasteiger partial charge in [-0.2, -0.15) is 0 Å². The summed E-state index contributed by atoms with van der Waals surface area (Å²) in [6.07, 6.45) is 6.50. The molecule has 4 aromatic carbocycles. The number of imidazole rings is 1. The van der Waals surface area contributed by atoms with Gasteiger partial charge in [-0.15, -0.1) is 0 Å². The second-order valence-corrected chi connectivity index (χ2v) is 17.6. The lowest BCUT2D eigenvalue weighted by Crippen LogP contribution is -2.46. The van der Waals surface area contributed by atoms with Gasteiger partial charge in [0.15, 0.2) is 0 Å². The van der Waals surface area contributed by atoms with E-state index in [1.54, 1.807) is 29.3 Å². The van der Waals surface area contributed by atoms with Crippen molar-refractivity contribution in [2.24, 2.45) is 0 Å². The number of aromatic nitrogens is 2. The van der Waals surface area contributed by atoms with Gasteiger partial charge >= 0.3 is 0 Å². The van der Waals surface area contributed by atoms with E-state index in [9.17, 15) is 23.1 Å². The third-order valence-corrected chi connectivity index (χ3v) is 13.0. The van der Waals surface area contributed by atoms with Crippen LogP contribution in [0.25, 0.3) is 22.2 Å². The van der Waals surface area contributed by atoms with Gasteiger partial charge in [-0.05, 0) is 77.9 Å². The summed E-state index contributed by atoms with van der Waals surface area (Å²) in [6, 6.07) is 23.7. The number of aliphatic hydroxyl groups excluding tert-OH is 1. The molecule has 1 unspecified atom stereocenters. The van der Waals surface area contributed by atoms with Crippen molar-refractivity contribution in [1.82, 2.24) is 29.0 Å². The van der Waals surface area contributed by atoms with Crippen molar-refractivity contribution in [3.63, 3.8) is 0 Å². The lowest BCUT2D eigenvalue weighted by atomic mass is 9.92. The Hall–Kier alpha value is -5.41. The van der Waals surface area contributed by atoms with Gasteiger partial charge in [0, 0.05) is 63.1 Å². The van der Waals surface area contributed by atoms with Gasteiger partial charge in [-0.1, -0.05) is 81.3 Å². The Morgan fingerprint density at radius 2 is 1.56 bits per heavy atom. The van der Waals surface area contributed by atoms with Gasteiger partial charge in [0.2, 0.25) is 0 Å². The Kier molecular flexibility index (Phi) is 14.3. The molecule has 13 nitrogen and oxygen atoms in total. The largest absolute Gasteiger partial charge is 0.394 e. The Balaban J connectivity index is 1.29. The molecule has 61 heavy (non-hydrogen) atoms. The summed E-state index contributed by atoms with van der Waals surface area (Å²) >= 11 is 0. The SMILES string of the molecule is CCCCN(CCCC)C(=O)c1cn(CCCN2CCOCC2)c(-c2ccc(C(=O)NS(=O)(=O)c3ccc4ccccc4c3)cc2C(=O)N2Cc3ccccc3CC2CO)n1. The fraction of sp³-hybridized carbons (Fsp3) is 0.404. The maximum Gasteiger partial charge on any atom is 0.274 e. The van der Waals surface area contributed by atoms with Gasteiger partial charge < -0.3 is 24.2 Å². The molecule has 2 N–H and O–H groups in total. The molecule has 7 rings (SSSR count). The fourth-order valence-electron chi connectivity index (χ4n) is 8.14. The standard InChI is InChI=1S/C47H56N6O7S/c1-3-5-21-51(22-6-4-2)47(57)43-32-52(23-11-20-50-24-26-60-27-25-50)44(48-43)41-19-17-37(45(55)49-61(58,59)40-18-16-34-12-7-8-14-36(34)29-40)30-42(41)46(56)53-31-38-15-10-9-13-35(38)28-39(53)33-54/h7-10,12-19,29-30,32,39,54H,3-6,11,20-28,31,33H2,1-2H3,(H,49,55). The first kappa shape index (κ1) is 43.7. The van der Waals surface area contributed by atoms with Crippen molar-refractivity contribution < 1.29 is 32.6 Å². The number of hydrogen-bond acceptors (Lipinski definition) is 9. The molecule has 0 bridgehead atoms. The van der Waals surface area contributed by atoms with E-state index < -0.39 is 27.9 Å². The average molecular weight is 849 g/mol. The van der Waals surface area contributed by atoms with Crippen LogP contribution in [0.5, 0.6) is 0 Å². The van der Waals surface area contributed by atoms with Crippen molar-refractivity contribution in [2.75, 3.05) is 52.5 Å². The summed E-state index contributed by atoms with van der Waals surface area (Å²) in [4.78, 5) is 53.9. The molecular weight excluding hydrogens is 793 g/mol. The first-order chi connectivity index (χ1) is 29.6. The summed E-state index contributed by atoms with van der Waals surface area (Å²) in [7, 11) is -4.31. The van der Waals surface area contributed by atoms with Crippen LogP contribution in [-0.4, -0.2) is 114 Å². The molecule has 0 spiro atoms. The molecule has 5 aromatic rings. The highest BCUT2D eigenvalue weighted by atomic mass is 32.2. The number of morpholine rings is 1. The van der Waals surface area contributed by atoms with Crippen molar-refractivity contribution in [3.8, 4) is 11.4 Å². The summed E-state index contributed by atoms with van der Waals surface area (Å²) in [5.41, 5.74) is 2.66. The van der Waals surface area contributed by atoms with Gasteiger partial charge in [-0.3, -0.25) is 19.3 Å². The number of aryl methyl sites for hydroxylation is 1. The van der Waals surface area contributed by atoms with E-state index in [1.165, 1.54) is 24.3 Å². The van der Waals surface area contributed by atoms with Crippen LogP contribution in [0.15, 0.2) is 96.0 Å². The molecule has 1 saturated heterocycles. The molecule has 0 radical (unpaired) electrons. The van der Waals surface area contributed by atoms with Gasteiger partial charge in [0.25, 0.3) is 27.7 Å². The third-order valence-electron chi connectivity index (χ3n) is 11.7. The second kappa shape index (κ2) is 20.0. The highest BCUT2D eigenvalue weighted by Crippen LogP contribution is 2.31. The van der Waals surface area contributed by atoms with Gasteiger partial charge in [0.05, 0.1) is 36.3 Å². The molecule has 14 heteroatoms. The Bertz CT molecular complexity index is 2450. The molecule has 1 fully saturated rings. The zero-order chi connectivity index (χ0) is 42.9. The molecule has 0 saturated carbocycles. The van der Waals surface area contributed by atoms with Crippen molar-refractivity contribution in [2.45, 2.75) is 76.4 Å². The highest BCUT2D eigenvalue weighted by molar-refractivity contribution is 7.90. The minimum Gasteiger partial charge on any atom is -0.394 e. The van der Waals surface area contributed by atoms with E-state index >= 15 is 4.79 Å². The van der Waals surface area contributed by atoms with Crippen LogP contribution >= 0.6 is 0 Å². The number of carbonyl (C=O) groups is 3. The van der Waals surface area contributed by atoms with Crippen LogP contribution in [0.2, 0.25) is 0 Å². The van der Waals surface area contributed by atoms with E-state index in [1.807, 2.05) is 51.9 Å². The molecule has 322 valence electrons. The van der Waals surface area contributed by atoms with E-state index in [0.29, 0.717) is 56.0 Å². The molecule has 2 aliphatic rings. The first-order valence-corrected chi connectivity index (χ1v) is 22.9. The molecule has 1 atom stereocenters. The van der Waals surface area contributed by atoms with Crippen molar-refractivity contribution in [1.29, 1.82) is 0 Å². The molecule has 0 aliphatic carbocycles. The lowest BCUT2D eigenvalue weighted by Gasteiger charge is -2.36. The minimum absolute atomic E-state index is 0.0542. The van der Waals surface area contributed by atoms with Crippen molar-refractivity contribution >= 4 is 38.5 Å². The smallest absolute Gasteiger partial charge is 0.274 e. The Morgan fingerprint density at radius 1 is 0.852 bits per heavy atom. The summed E-state index contributed by atoms with van der Waals surface area (Å²) in [5.74, 6) is -1.18. The third kappa shape index (κ3) is 10.2. The molecular formula is C47H56N6O7S. The van der Waals surface area contributed by atoms with E-state index in [-0.39, 0.29) is 40.8 Å². The van der Waals surface area contributed by atoms with Crippen LogP contribution < -0.4 is 4.72 Å². The number of benzene rings is 4. The number of carbonyl (C=O) groups excluding carboxylic acids is 3. The topological polar surface area (TPSA) is 154 Å². The number of rotatable bonds is 17. The van der Waals surface area contributed by atoms with Crippen LogP contribution in [0, 0.1) is 0 Å². The maximum atomic E-state index is 15.0. The monoisotopic (exact) mass is 848 g/mol. The Morgan fingerprint density at radius 3 is 2.28 bits per heavy atom. The van der Waals surface area contributed by atoms with Crippen LogP contribution in [0.4, 0.5) is 0 Å². The summed E-state index contributed by atoms with van der Waals surface area (Å²) < 4.78 is 36.9. The number of ether oxygens (including phenoxy) is 1. The first-order valence-electron chi connectivity index (χ1n) is 21.5. The number of fused-ring (bicyclic) bond motifs is 2. The Labute approximate surface area is 358 Å². The fourth-order valence-corrected chi connectivity index (χ4v) is 9.15. The van der Waals surface area contributed by atoms with E-state index in [4.69, 9.17) is 9.72 Å². The van der Waals surface area contributed by atoms with E-state index in [0.717, 1.165) is 68.3 Å². The molecule has 3 heterocycles. The number of unbranched alkanes of at least 4 members (excludes halogenated alkanes) is 2. The normalized spacial score (nSPS) is 15.7. The van der Waals surface area contributed by atoms with Crippen molar-refractivity contribution in [3.05, 3.63) is 119 Å². The zero-order valence-electron chi connectivity index (χ0n) is 35.1. The molecule has 3 amide bonds. The predicted molar refractivity (Wildman–Crippen MR) is 235 cm³/mol. The number of hydrogen-bond donors (Lipinski definition) is 2. The summed E-state index contributed by atoms with van der Waals surface area (Å²) in [5, 5.41) is 12.2. The van der Waals surface area contributed by atoms with Gasteiger partial charge in [0.1, 0.15) is 11.5 Å². The molecule has 2 aliphatic heterocycles. The number of amides is 3. The lowest BCUT2D eigenvalue weighted by molar-refractivity contribution is 0.0369. The maximum absolute atomic E-state index is 15.0. The second-order valence-electron chi connectivity index (χ2n) is 15.9. The number of nitrogens with one attached hydrogen (secondary N) is 1. The average Bonchev–Trinajstić information content (AvgIpc) is 3.71. The van der Waals surface area contributed by atoms with Gasteiger partial charge in [-0.25, -0.2) is 18.1 Å². The number of aliphatic hydroxyl groups is 1. The molecule has 1 aromatic heterocycles. The van der Waals surface area contributed by atoms with Crippen LogP contribution in [0.3, 0.4) is 0 Å². The minimum atomic E-state index is -4.31. The highest BCUT2D eigenvalue weighted by Gasteiger charge is 2.33. The predicted octanol–water partition coefficient (Wildman–Crippen LogP) is 6.15. The number of sulfonamides is 1. The van der Waals surface area contributed by atoms with E-state index in [2.05, 4.69) is 23.5 Å². The van der Waals surface area contributed by atoms with Crippen LogP contribution in [-0.2, 0) is 34.3 Å². The quantitative estimate of drug-likeness (QED) is 0.112. The zero-order valence-corrected chi connectivity index (χ0v) is 35.9. The van der Waals surface area contributed by atoms with Crippen LogP contribution in [0.1, 0.15) is 88.3 Å².